The van der Waals surface area contributed by atoms with Gasteiger partial charge in [0, 0.05) is 18.1 Å². The fraction of sp³-hybridized carbons (Fsp3) is 0.231. The standard InChI is InChI=1S/C26H25FN6O3/c27-21-14-19(36-18-4-2-1-3-5-18)11-12-20(21)24-23-25(28)29-15-30-26(23)33(31-24)17-9-6-16(7-10-17)8-13-22(34)32-35/h1-5,8,11-12,14-15,17,35H,6-7,9-10,13H2,(H,32,34)(H2,28,29,30). The Hall–Kier alpha value is -4.31. The van der Waals surface area contributed by atoms with Crippen LogP contribution in [-0.4, -0.2) is 30.9 Å². The topological polar surface area (TPSA) is 128 Å². The minimum absolute atomic E-state index is 0.0307. The quantitative estimate of drug-likeness (QED) is 0.199. The van der Waals surface area contributed by atoms with Gasteiger partial charge in [0.2, 0.25) is 5.91 Å². The van der Waals surface area contributed by atoms with E-state index in [-0.39, 0.29) is 23.8 Å². The third-order valence-electron chi connectivity index (χ3n) is 6.34. The van der Waals surface area contributed by atoms with Crippen LogP contribution in [0, 0.1) is 5.82 Å². The predicted octanol–water partition coefficient (Wildman–Crippen LogP) is 4.94. The lowest BCUT2D eigenvalue weighted by atomic mass is 9.90. The Bertz CT molecular complexity index is 1430. The van der Waals surface area contributed by atoms with Gasteiger partial charge >= 0.3 is 0 Å². The van der Waals surface area contributed by atoms with Crippen molar-refractivity contribution in [1.29, 1.82) is 0 Å². The number of nitrogen functional groups attached to an aromatic ring is 1. The van der Waals surface area contributed by atoms with Crippen molar-refractivity contribution >= 4 is 22.8 Å². The van der Waals surface area contributed by atoms with Crippen molar-refractivity contribution in [2.24, 2.45) is 0 Å². The summed E-state index contributed by atoms with van der Waals surface area (Å²) in [5.74, 6) is 0.282. The number of para-hydroxylation sites is 1. The minimum atomic E-state index is -0.491. The largest absolute Gasteiger partial charge is 0.457 e. The Morgan fingerprint density at radius 2 is 1.94 bits per heavy atom. The van der Waals surface area contributed by atoms with Gasteiger partial charge < -0.3 is 10.5 Å². The van der Waals surface area contributed by atoms with Gasteiger partial charge in [0.1, 0.15) is 35.2 Å². The van der Waals surface area contributed by atoms with Crippen LogP contribution in [-0.2, 0) is 4.79 Å². The average molecular weight is 489 g/mol. The number of allylic oxidation sites excluding steroid dienone is 1. The number of rotatable bonds is 6. The van der Waals surface area contributed by atoms with Gasteiger partial charge in [0.05, 0.1) is 11.4 Å². The normalized spacial score (nSPS) is 15.6. The van der Waals surface area contributed by atoms with Crippen molar-refractivity contribution in [2.45, 2.75) is 38.1 Å². The number of benzene rings is 2. The maximum Gasteiger partial charge on any atom is 0.247 e. The van der Waals surface area contributed by atoms with E-state index < -0.39 is 11.7 Å². The Morgan fingerprint density at radius 3 is 2.67 bits per heavy atom. The molecule has 1 aliphatic rings. The summed E-state index contributed by atoms with van der Waals surface area (Å²) in [6, 6.07) is 13.8. The summed E-state index contributed by atoms with van der Waals surface area (Å²) < 4.78 is 22.9. The number of carbonyl (C=O) groups excluding carboxylic acids is 1. The number of anilines is 1. The summed E-state index contributed by atoms with van der Waals surface area (Å²) in [5, 5.41) is 14.0. The molecule has 1 aliphatic carbocycles. The molecule has 0 aliphatic heterocycles. The van der Waals surface area contributed by atoms with Crippen molar-refractivity contribution in [1.82, 2.24) is 25.2 Å². The Morgan fingerprint density at radius 1 is 1.17 bits per heavy atom. The van der Waals surface area contributed by atoms with Crippen LogP contribution in [0.4, 0.5) is 10.2 Å². The molecule has 184 valence electrons. The zero-order valence-electron chi connectivity index (χ0n) is 19.4. The number of ether oxygens (including phenoxy) is 1. The van der Waals surface area contributed by atoms with Gasteiger partial charge in [-0.15, -0.1) is 0 Å². The van der Waals surface area contributed by atoms with Crippen LogP contribution in [0.3, 0.4) is 0 Å². The summed E-state index contributed by atoms with van der Waals surface area (Å²) in [6.45, 7) is 0. The fourth-order valence-corrected chi connectivity index (χ4v) is 4.52. The highest BCUT2D eigenvalue weighted by atomic mass is 19.1. The highest BCUT2D eigenvalue weighted by Gasteiger charge is 2.26. The molecule has 0 spiro atoms. The Kier molecular flexibility index (Phi) is 6.59. The van der Waals surface area contributed by atoms with E-state index in [1.807, 2.05) is 29.0 Å². The average Bonchev–Trinajstić information content (AvgIpc) is 3.29. The van der Waals surface area contributed by atoms with Crippen LogP contribution < -0.4 is 16.0 Å². The van der Waals surface area contributed by atoms with Crippen LogP contribution >= 0.6 is 0 Å². The number of carbonyl (C=O) groups is 1. The smallest absolute Gasteiger partial charge is 0.247 e. The first-order valence-corrected chi connectivity index (χ1v) is 11.7. The third kappa shape index (κ3) is 4.76. The van der Waals surface area contributed by atoms with E-state index in [0.29, 0.717) is 28.2 Å². The highest BCUT2D eigenvalue weighted by Crippen LogP contribution is 2.38. The molecule has 1 fully saturated rings. The number of hydrogen-bond acceptors (Lipinski definition) is 7. The molecule has 9 nitrogen and oxygen atoms in total. The monoisotopic (exact) mass is 488 g/mol. The molecule has 10 heteroatoms. The van der Waals surface area contributed by atoms with Crippen molar-refractivity contribution in [3.8, 4) is 22.8 Å². The number of nitrogens with one attached hydrogen (secondary N) is 1. The molecular weight excluding hydrogens is 463 g/mol. The molecule has 2 heterocycles. The maximum atomic E-state index is 15.3. The SMILES string of the molecule is Nc1ncnc2c1c(-c1ccc(Oc3ccccc3)cc1F)nn2C1CCC(=CCC(=O)NO)CC1. The van der Waals surface area contributed by atoms with Crippen molar-refractivity contribution < 1.29 is 19.1 Å². The second-order valence-electron chi connectivity index (χ2n) is 8.64. The molecular formula is C26H25FN6O3. The molecule has 5 rings (SSSR count). The van der Waals surface area contributed by atoms with E-state index in [4.69, 9.17) is 20.8 Å². The second-order valence-corrected chi connectivity index (χ2v) is 8.64. The molecule has 2 aromatic carbocycles. The first-order valence-electron chi connectivity index (χ1n) is 11.7. The van der Waals surface area contributed by atoms with Crippen molar-refractivity contribution in [2.75, 3.05) is 5.73 Å². The molecule has 1 amide bonds. The molecule has 0 radical (unpaired) electrons. The molecule has 36 heavy (non-hydrogen) atoms. The molecule has 1 saturated carbocycles. The number of nitrogens with two attached hydrogens (primary N) is 1. The van der Waals surface area contributed by atoms with Crippen molar-refractivity contribution in [3.05, 3.63) is 72.3 Å². The number of hydrogen-bond donors (Lipinski definition) is 3. The summed E-state index contributed by atoms with van der Waals surface area (Å²) in [4.78, 5) is 19.8. The van der Waals surface area contributed by atoms with Gasteiger partial charge in [-0.3, -0.25) is 10.0 Å². The van der Waals surface area contributed by atoms with Crippen LogP contribution in [0.5, 0.6) is 11.5 Å². The summed E-state index contributed by atoms with van der Waals surface area (Å²) >= 11 is 0. The molecule has 4 aromatic rings. The number of nitrogens with zero attached hydrogens (tertiary/aromatic N) is 4. The third-order valence-corrected chi connectivity index (χ3v) is 6.34. The van der Waals surface area contributed by atoms with Gasteiger partial charge in [0.25, 0.3) is 0 Å². The lowest BCUT2D eigenvalue weighted by molar-refractivity contribution is -0.128. The zero-order valence-corrected chi connectivity index (χ0v) is 19.4. The van der Waals surface area contributed by atoms with E-state index >= 15 is 4.39 Å². The Labute approximate surface area is 206 Å². The van der Waals surface area contributed by atoms with Gasteiger partial charge in [0.15, 0.2) is 5.65 Å². The van der Waals surface area contributed by atoms with E-state index in [1.54, 1.807) is 29.7 Å². The van der Waals surface area contributed by atoms with Crippen molar-refractivity contribution in [3.63, 3.8) is 0 Å². The zero-order chi connectivity index (χ0) is 25.1. The Balaban J connectivity index is 1.44. The van der Waals surface area contributed by atoms with E-state index in [9.17, 15) is 4.79 Å². The molecule has 4 N–H and O–H groups in total. The second kappa shape index (κ2) is 10.1. The van der Waals surface area contributed by atoms with E-state index in [2.05, 4.69) is 9.97 Å². The number of hydroxylamine groups is 1. The first-order chi connectivity index (χ1) is 17.5. The van der Waals surface area contributed by atoms with Gasteiger partial charge in [-0.25, -0.2) is 24.5 Å². The summed E-state index contributed by atoms with van der Waals surface area (Å²) in [7, 11) is 0. The lowest BCUT2D eigenvalue weighted by Crippen LogP contribution is -2.18. The molecule has 0 bridgehead atoms. The molecule has 2 aromatic heterocycles. The summed E-state index contributed by atoms with van der Waals surface area (Å²) in [6.07, 6.45) is 6.48. The van der Waals surface area contributed by atoms with Crippen LogP contribution in [0.15, 0.2) is 66.5 Å². The van der Waals surface area contributed by atoms with E-state index in [0.717, 1.165) is 31.3 Å². The van der Waals surface area contributed by atoms with Gasteiger partial charge in [-0.05, 0) is 49.9 Å². The number of amides is 1. The first kappa shape index (κ1) is 23.4. The minimum Gasteiger partial charge on any atom is -0.457 e. The molecule has 0 unspecified atom stereocenters. The lowest BCUT2D eigenvalue weighted by Gasteiger charge is -2.24. The number of halogens is 1. The molecule has 0 saturated heterocycles. The highest BCUT2D eigenvalue weighted by molar-refractivity contribution is 5.98. The predicted molar refractivity (Wildman–Crippen MR) is 132 cm³/mol. The number of aromatic nitrogens is 4. The van der Waals surface area contributed by atoms with Gasteiger partial charge in [-0.2, -0.15) is 5.10 Å². The maximum absolute atomic E-state index is 15.3. The fourth-order valence-electron chi connectivity index (χ4n) is 4.52. The van der Waals surface area contributed by atoms with Crippen LogP contribution in [0.2, 0.25) is 0 Å². The van der Waals surface area contributed by atoms with Crippen LogP contribution in [0.25, 0.3) is 22.3 Å². The molecule has 0 atom stereocenters. The van der Waals surface area contributed by atoms with Crippen LogP contribution in [0.1, 0.15) is 38.1 Å². The van der Waals surface area contributed by atoms with E-state index in [1.165, 1.54) is 12.4 Å². The summed E-state index contributed by atoms with van der Waals surface area (Å²) in [5.41, 5.74) is 10.2. The van der Waals surface area contributed by atoms with Gasteiger partial charge in [-0.1, -0.05) is 29.8 Å². The number of fused-ring (bicyclic) bond motifs is 1.